The van der Waals surface area contributed by atoms with E-state index in [2.05, 4.69) is 14.9 Å². The molecule has 0 saturated carbocycles. The molecular formula is C9H16N4O2S. The van der Waals surface area contributed by atoms with E-state index in [4.69, 9.17) is 10.5 Å². The molecule has 3 N–H and O–H groups in total. The highest BCUT2D eigenvalue weighted by atomic mass is 32.1. The molecule has 0 saturated heterocycles. The number of amides is 1. The molecule has 1 amide bonds. The van der Waals surface area contributed by atoms with Crippen LogP contribution in [0.4, 0.5) is 4.79 Å². The van der Waals surface area contributed by atoms with Gasteiger partial charge in [-0.3, -0.25) is 0 Å². The van der Waals surface area contributed by atoms with Gasteiger partial charge in [-0.25, -0.2) is 4.79 Å². The number of hydrogen-bond acceptors (Lipinski definition) is 6. The molecule has 0 fully saturated rings. The first-order valence-electron chi connectivity index (χ1n) is 4.89. The van der Waals surface area contributed by atoms with Crippen molar-refractivity contribution in [1.82, 2.24) is 14.9 Å². The van der Waals surface area contributed by atoms with Crippen molar-refractivity contribution < 1.29 is 9.53 Å². The number of alkyl carbamates (subject to hydrolysis) is 1. The standard InChI is InChI=1S/C9H16N4O2S/c1-9(2,3)15-8(14)11-6(4-10)7-5-16-13-12-7/h5-6H,4,10H2,1-3H3,(H,11,14). The summed E-state index contributed by atoms with van der Waals surface area (Å²) >= 11 is 1.21. The molecule has 1 unspecified atom stereocenters. The maximum Gasteiger partial charge on any atom is 0.408 e. The van der Waals surface area contributed by atoms with Crippen LogP contribution in [0.1, 0.15) is 32.5 Å². The van der Waals surface area contributed by atoms with Gasteiger partial charge in [-0.15, -0.1) is 5.10 Å². The molecular weight excluding hydrogens is 228 g/mol. The summed E-state index contributed by atoms with van der Waals surface area (Å²) in [5, 5.41) is 8.24. The summed E-state index contributed by atoms with van der Waals surface area (Å²) in [6, 6.07) is -0.353. The molecule has 0 aliphatic carbocycles. The molecule has 1 heterocycles. The highest BCUT2D eigenvalue weighted by Gasteiger charge is 2.20. The fraction of sp³-hybridized carbons (Fsp3) is 0.667. The molecule has 0 bridgehead atoms. The van der Waals surface area contributed by atoms with E-state index in [-0.39, 0.29) is 12.6 Å². The average molecular weight is 244 g/mol. The molecule has 1 aromatic rings. The number of rotatable bonds is 3. The number of nitrogens with two attached hydrogens (primary N) is 1. The van der Waals surface area contributed by atoms with E-state index in [0.29, 0.717) is 5.69 Å². The molecule has 16 heavy (non-hydrogen) atoms. The molecule has 0 aliphatic rings. The second-order valence-electron chi connectivity index (χ2n) is 4.26. The average Bonchev–Trinajstić information content (AvgIpc) is 2.63. The van der Waals surface area contributed by atoms with Gasteiger partial charge in [0.2, 0.25) is 0 Å². The van der Waals surface area contributed by atoms with Crippen LogP contribution in [-0.2, 0) is 4.74 Å². The first-order valence-corrected chi connectivity index (χ1v) is 5.72. The Bertz CT molecular complexity index is 334. The van der Waals surface area contributed by atoms with Crippen molar-refractivity contribution in [1.29, 1.82) is 0 Å². The zero-order valence-electron chi connectivity index (χ0n) is 9.56. The summed E-state index contributed by atoms with van der Waals surface area (Å²) in [4.78, 5) is 11.5. The van der Waals surface area contributed by atoms with Crippen molar-refractivity contribution in [3.8, 4) is 0 Å². The summed E-state index contributed by atoms with van der Waals surface area (Å²) in [7, 11) is 0. The third kappa shape index (κ3) is 4.11. The lowest BCUT2D eigenvalue weighted by atomic mass is 10.2. The quantitative estimate of drug-likeness (QED) is 0.829. The fourth-order valence-corrected chi connectivity index (χ4v) is 1.54. The Morgan fingerprint density at radius 2 is 2.38 bits per heavy atom. The van der Waals surface area contributed by atoms with Crippen LogP contribution in [0.15, 0.2) is 5.38 Å². The van der Waals surface area contributed by atoms with Crippen LogP contribution < -0.4 is 11.1 Å². The molecule has 1 aromatic heterocycles. The minimum atomic E-state index is -0.524. The van der Waals surface area contributed by atoms with Gasteiger partial charge in [0.1, 0.15) is 5.60 Å². The number of ether oxygens (including phenoxy) is 1. The zero-order valence-corrected chi connectivity index (χ0v) is 10.4. The molecule has 6 nitrogen and oxygen atoms in total. The topological polar surface area (TPSA) is 90.1 Å². The number of nitrogens with one attached hydrogen (secondary N) is 1. The Hall–Kier alpha value is -1.21. The predicted octanol–water partition coefficient (Wildman–Crippen LogP) is 1.06. The van der Waals surface area contributed by atoms with Gasteiger partial charge < -0.3 is 15.8 Å². The van der Waals surface area contributed by atoms with Crippen LogP contribution in [-0.4, -0.2) is 27.8 Å². The Morgan fingerprint density at radius 3 is 2.81 bits per heavy atom. The van der Waals surface area contributed by atoms with E-state index in [1.165, 1.54) is 11.5 Å². The van der Waals surface area contributed by atoms with E-state index in [0.717, 1.165) is 0 Å². The molecule has 1 rings (SSSR count). The minimum Gasteiger partial charge on any atom is -0.444 e. The van der Waals surface area contributed by atoms with Gasteiger partial charge in [-0.1, -0.05) is 4.49 Å². The second-order valence-corrected chi connectivity index (χ2v) is 4.87. The maximum absolute atomic E-state index is 11.5. The summed E-state index contributed by atoms with van der Waals surface area (Å²) in [5.74, 6) is 0. The lowest BCUT2D eigenvalue weighted by Crippen LogP contribution is -2.37. The summed E-state index contributed by atoms with van der Waals surface area (Å²) in [6.45, 7) is 5.65. The lowest BCUT2D eigenvalue weighted by molar-refractivity contribution is 0.0504. The SMILES string of the molecule is CC(C)(C)OC(=O)NC(CN)c1csnn1. The molecule has 90 valence electrons. The van der Waals surface area contributed by atoms with Crippen LogP contribution >= 0.6 is 11.5 Å². The fourth-order valence-electron chi connectivity index (χ4n) is 1.03. The summed E-state index contributed by atoms with van der Waals surface area (Å²) in [6.07, 6.45) is -0.504. The molecule has 7 heteroatoms. The number of carbonyl (C=O) groups excluding carboxylic acids is 1. The van der Waals surface area contributed by atoms with E-state index in [9.17, 15) is 4.79 Å². The number of hydrogen-bond donors (Lipinski definition) is 2. The van der Waals surface area contributed by atoms with Gasteiger partial charge in [0.05, 0.1) is 11.7 Å². The maximum atomic E-state index is 11.5. The molecule has 0 aromatic carbocycles. The highest BCUT2D eigenvalue weighted by Crippen LogP contribution is 2.12. The van der Waals surface area contributed by atoms with Gasteiger partial charge >= 0.3 is 6.09 Å². The first kappa shape index (κ1) is 12.9. The van der Waals surface area contributed by atoms with Crippen molar-refractivity contribution in [2.45, 2.75) is 32.4 Å². The highest BCUT2D eigenvalue weighted by molar-refractivity contribution is 7.03. The Kier molecular flexibility index (Phi) is 4.19. The second kappa shape index (κ2) is 5.22. The normalized spacial score (nSPS) is 13.2. The lowest BCUT2D eigenvalue weighted by Gasteiger charge is -2.22. The minimum absolute atomic E-state index is 0.255. The third-order valence-corrected chi connectivity index (χ3v) is 2.18. The van der Waals surface area contributed by atoms with E-state index < -0.39 is 11.7 Å². The monoisotopic (exact) mass is 244 g/mol. The number of carbonyl (C=O) groups is 1. The van der Waals surface area contributed by atoms with Gasteiger partial charge in [-0.05, 0) is 32.3 Å². The van der Waals surface area contributed by atoms with Crippen molar-refractivity contribution in [3.05, 3.63) is 11.1 Å². The van der Waals surface area contributed by atoms with Crippen LogP contribution in [0, 0.1) is 0 Å². The Morgan fingerprint density at radius 1 is 1.69 bits per heavy atom. The van der Waals surface area contributed by atoms with Crippen molar-refractivity contribution in [2.75, 3.05) is 6.54 Å². The van der Waals surface area contributed by atoms with E-state index in [1.807, 2.05) is 0 Å². The number of aromatic nitrogens is 2. The van der Waals surface area contributed by atoms with Gasteiger partial charge in [-0.2, -0.15) is 0 Å². The van der Waals surface area contributed by atoms with Crippen molar-refractivity contribution >= 4 is 17.6 Å². The largest absolute Gasteiger partial charge is 0.444 e. The molecule has 1 atom stereocenters. The first-order chi connectivity index (χ1) is 7.42. The smallest absolute Gasteiger partial charge is 0.408 e. The van der Waals surface area contributed by atoms with Crippen LogP contribution in [0.3, 0.4) is 0 Å². The molecule has 0 spiro atoms. The van der Waals surface area contributed by atoms with E-state index >= 15 is 0 Å². The van der Waals surface area contributed by atoms with Gasteiger partial charge in [0.15, 0.2) is 0 Å². The number of nitrogens with zero attached hydrogens (tertiary/aromatic N) is 2. The zero-order chi connectivity index (χ0) is 12.2. The molecule has 0 radical (unpaired) electrons. The summed E-state index contributed by atoms with van der Waals surface area (Å²) in [5.41, 5.74) is 5.67. The molecule has 0 aliphatic heterocycles. The van der Waals surface area contributed by atoms with Crippen molar-refractivity contribution in [3.63, 3.8) is 0 Å². The Balaban J connectivity index is 2.55. The van der Waals surface area contributed by atoms with Gasteiger partial charge in [0.25, 0.3) is 0 Å². The van der Waals surface area contributed by atoms with Crippen LogP contribution in [0.5, 0.6) is 0 Å². The van der Waals surface area contributed by atoms with Crippen LogP contribution in [0.25, 0.3) is 0 Å². The summed E-state index contributed by atoms with van der Waals surface area (Å²) < 4.78 is 8.83. The third-order valence-electron chi connectivity index (χ3n) is 1.66. The predicted molar refractivity (Wildman–Crippen MR) is 61.1 cm³/mol. The van der Waals surface area contributed by atoms with E-state index in [1.54, 1.807) is 26.2 Å². The van der Waals surface area contributed by atoms with Crippen molar-refractivity contribution in [2.24, 2.45) is 5.73 Å². The van der Waals surface area contributed by atoms with Crippen LogP contribution in [0.2, 0.25) is 0 Å². The Labute approximate surface area is 98.3 Å². The van der Waals surface area contributed by atoms with Gasteiger partial charge in [0, 0.05) is 11.9 Å².